The number of rotatable bonds is 6. The highest BCUT2D eigenvalue weighted by Gasteiger charge is 2.17. The molecule has 1 N–H and O–H groups in total. The highest BCUT2D eigenvalue weighted by Crippen LogP contribution is 2.27. The molecule has 7 nitrogen and oxygen atoms in total. The van der Waals surface area contributed by atoms with Gasteiger partial charge in [0.05, 0.1) is 4.92 Å². The second kappa shape index (κ2) is 5.79. The van der Waals surface area contributed by atoms with Gasteiger partial charge in [0, 0.05) is 34.9 Å². The van der Waals surface area contributed by atoms with Crippen molar-refractivity contribution in [2.45, 2.75) is 6.92 Å². The molecular weight excluding hydrogens is 270 g/mol. The van der Waals surface area contributed by atoms with Gasteiger partial charge in [-0.15, -0.1) is 0 Å². The van der Waals surface area contributed by atoms with E-state index >= 15 is 0 Å². The Morgan fingerprint density at radius 1 is 1.53 bits per heavy atom. The zero-order valence-corrected chi connectivity index (χ0v) is 11.1. The number of nitro groups is 1. The summed E-state index contributed by atoms with van der Waals surface area (Å²) in [5.41, 5.74) is 0.478. The fraction of sp³-hybridized carbons (Fsp3) is 0.364. The number of nitro benzene ring substituents is 1. The molecule has 0 fully saturated rings. The number of hydrogen-bond acceptors (Lipinski definition) is 6. The number of para-hydroxylation sites is 1. The van der Waals surface area contributed by atoms with Crippen LogP contribution in [0.3, 0.4) is 0 Å². The van der Waals surface area contributed by atoms with Gasteiger partial charge >= 0.3 is 0 Å². The van der Waals surface area contributed by atoms with Crippen LogP contribution in [-0.2, 0) is 10.8 Å². The van der Waals surface area contributed by atoms with E-state index in [0.29, 0.717) is 23.6 Å². The smallest absolute Gasteiger partial charge is 0.298 e. The van der Waals surface area contributed by atoms with E-state index in [1.807, 2.05) is 6.92 Å². The number of fused-ring (bicyclic) bond motifs is 1. The maximum Gasteiger partial charge on any atom is 0.298 e. The lowest BCUT2D eigenvalue weighted by Crippen LogP contribution is -2.11. The average Bonchev–Trinajstić information content (AvgIpc) is 2.80. The summed E-state index contributed by atoms with van der Waals surface area (Å²) in [6.07, 6.45) is 0. The topological polar surface area (TPSA) is 98.3 Å². The first kappa shape index (κ1) is 13.5. The summed E-state index contributed by atoms with van der Waals surface area (Å²) < 4.78 is 16.6. The fourth-order valence-electron chi connectivity index (χ4n) is 1.57. The molecule has 1 aromatic carbocycles. The Bertz CT molecular complexity index is 625. The van der Waals surface area contributed by atoms with Gasteiger partial charge in [0.1, 0.15) is 0 Å². The van der Waals surface area contributed by atoms with Gasteiger partial charge in [-0.3, -0.25) is 14.3 Å². The SMILES string of the molecule is CCS(=O)CCNc1nc2c([N+](=O)[O-])cccc2o1. The predicted molar refractivity (Wildman–Crippen MR) is 72.7 cm³/mol. The van der Waals surface area contributed by atoms with Gasteiger partial charge in [0.25, 0.3) is 11.7 Å². The van der Waals surface area contributed by atoms with E-state index in [0.717, 1.165) is 0 Å². The molecule has 1 aromatic heterocycles. The molecular formula is C11H13N3O4S. The van der Waals surface area contributed by atoms with E-state index in [1.54, 1.807) is 12.1 Å². The van der Waals surface area contributed by atoms with E-state index in [2.05, 4.69) is 10.3 Å². The van der Waals surface area contributed by atoms with Crippen molar-refractivity contribution in [2.75, 3.05) is 23.4 Å². The number of aromatic nitrogens is 1. The molecule has 19 heavy (non-hydrogen) atoms. The molecule has 8 heteroatoms. The van der Waals surface area contributed by atoms with Crippen molar-refractivity contribution in [2.24, 2.45) is 0 Å². The van der Waals surface area contributed by atoms with Crippen molar-refractivity contribution in [3.05, 3.63) is 28.3 Å². The van der Waals surface area contributed by atoms with Gasteiger partial charge in [-0.2, -0.15) is 4.98 Å². The molecule has 102 valence electrons. The standard InChI is InChI=1S/C11H13N3O4S/c1-2-19(17)7-6-12-11-13-10-8(14(15)16)4-3-5-9(10)18-11/h3-5H,2,6-7H2,1H3,(H,12,13). The number of nitrogens with one attached hydrogen (secondary N) is 1. The van der Waals surface area contributed by atoms with Crippen LogP contribution in [0.4, 0.5) is 11.7 Å². The lowest BCUT2D eigenvalue weighted by Gasteiger charge is -1.99. The third kappa shape index (κ3) is 3.08. The van der Waals surface area contributed by atoms with Gasteiger partial charge in [0.2, 0.25) is 0 Å². The maximum absolute atomic E-state index is 11.2. The van der Waals surface area contributed by atoms with Crippen LogP contribution >= 0.6 is 0 Å². The quantitative estimate of drug-likeness (QED) is 0.642. The Kier molecular flexibility index (Phi) is 4.10. The zero-order valence-electron chi connectivity index (χ0n) is 10.3. The minimum Gasteiger partial charge on any atom is -0.423 e. The molecule has 0 aliphatic carbocycles. The lowest BCUT2D eigenvalue weighted by molar-refractivity contribution is -0.383. The van der Waals surface area contributed by atoms with E-state index in [4.69, 9.17) is 4.42 Å². The average molecular weight is 283 g/mol. The third-order valence-electron chi connectivity index (χ3n) is 2.52. The fourth-order valence-corrected chi connectivity index (χ4v) is 2.19. The third-order valence-corrected chi connectivity index (χ3v) is 3.83. The van der Waals surface area contributed by atoms with Crippen LogP contribution in [0.15, 0.2) is 22.6 Å². The summed E-state index contributed by atoms with van der Waals surface area (Å²) in [6.45, 7) is 2.29. The van der Waals surface area contributed by atoms with E-state index in [9.17, 15) is 14.3 Å². The molecule has 0 saturated heterocycles. The monoisotopic (exact) mass is 283 g/mol. The molecule has 0 radical (unpaired) electrons. The normalized spacial score (nSPS) is 12.5. The molecule has 0 bridgehead atoms. The van der Waals surface area contributed by atoms with Crippen LogP contribution in [0.5, 0.6) is 0 Å². The second-order valence-electron chi connectivity index (χ2n) is 3.76. The Balaban J connectivity index is 2.15. The Hall–Kier alpha value is -1.96. The summed E-state index contributed by atoms with van der Waals surface area (Å²) in [6, 6.07) is 4.74. The Labute approximate surface area is 111 Å². The maximum atomic E-state index is 11.2. The van der Waals surface area contributed by atoms with Gasteiger partial charge in [0.15, 0.2) is 11.1 Å². The summed E-state index contributed by atoms with van der Waals surface area (Å²) in [7, 11) is -0.870. The summed E-state index contributed by atoms with van der Waals surface area (Å²) in [5.74, 6) is 1.08. The van der Waals surface area contributed by atoms with Crippen molar-refractivity contribution in [3.63, 3.8) is 0 Å². The summed E-state index contributed by atoms with van der Waals surface area (Å²) in [5, 5.41) is 13.7. The van der Waals surface area contributed by atoms with Gasteiger partial charge < -0.3 is 9.73 Å². The van der Waals surface area contributed by atoms with Crippen molar-refractivity contribution < 1.29 is 13.5 Å². The minimum absolute atomic E-state index is 0.0913. The Morgan fingerprint density at radius 2 is 2.32 bits per heavy atom. The summed E-state index contributed by atoms with van der Waals surface area (Å²) >= 11 is 0. The van der Waals surface area contributed by atoms with Crippen molar-refractivity contribution >= 4 is 33.6 Å². The van der Waals surface area contributed by atoms with Crippen LogP contribution < -0.4 is 5.32 Å². The number of non-ortho nitro benzene ring substituents is 1. The van der Waals surface area contributed by atoms with Gasteiger partial charge in [-0.1, -0.05) is 13.0 Å². The van der Waals surface area contributed by atoms with Crippen LogP contribution in [0, 0.1) is 10.1 Å². The largest absolute Gasteiger partial charge is 0.423 e. The first-order valence-corrected chi connectivity index (χ1v) is 7.23. The number of benzene rings is 1. The highest BCUT2D eigenvalue weighted by molar-refractivity contribution is 7.84. The molecule has 0 aliphatic heterocycles. The molecule has 0 amide bonds. The molecule has 2 aromatic rings. The number of nitrogens with zero attached hydrogens (tertiary/aromatic N) is 2. The van der Waals surface area contributed by atoms with Crippen LogP contribution in [0.25, 0.3) is 11.1 Å². The molecule has 0 saturated carbocycles. The van der Waals surface area contributed by atoms with Crippen molar-refractivity contribution in [1.29, 1.82) is 0 Å². The molecule has 0 aliphatic rings. The second-order valence-corrected chi connectivity index (χ2v) is 5.62. The highest BCUT2D eigenvalue weighted by atomic mass is 32.2. The van der Waals surface area contributed by atoms with Crippen LogP contribution in [-0.4, -0.2) is 32.2 Å². The van der Waals surface area contributed by atoms with Crippen LogP contribution in [0.1, 0.15) is 6.92 Å². The lowest BCUT2D eigenvalue weighted by atomic mass is 10.3. The molecule has 1 unspecified atom stereocenters. The Morgan fingerprint density at radius 3 is 3.00 bits per heavy atom. The van der Waals surface area contributed by atoms with Crippen molar-refractivity contribution in [3.8, 4) is 0 Å². The molecule has 0 spiro atoms. The summed E-state index contributed by atoms with van der Waals surface area (Å²) in [4.78, 5) is 14.4. The first-order chi connectivity index (χ1) is 9.11. The van der Waals surface area contributed by atoms with E-state index in [-0.39, 0.29) is 17.2 Å². The molecule has 1 atom stereocenters. The van der Waals surface area contributed by atoms with Crippen LogP contribution in [0.2, 0.25) is 0 Å². The van der Waals surface area contributed by atoms with Gasteiger partial charge in [-0.05, 0) is 6.07 Å². The van der Waals surface area contributed by atoms with E-state index < -0.39 is 15.7 Å². The molecule has 1 heterocycles. The van der Waals surface area contributed by atoms with Gasteiger partial charge in [-0.25, -0.2) is 0 Å². The van der Waals surface area contributed by atoms with Crippen molar-refractivity contribution in [1.82, 2.24) is 4.98 Å². The van der Waals surface area contributed by atoms with E-state index in [1.165, 1.54) is 6.07 Å². The molecule has 2 rings (SSSR count). The number of oxazole rings is 1. The predicted octanol–water partition coefficient (Wildman–Crippen LogP) is 1.92. The first-order valence-electron chi connectivity index (χ1n) is 5.74. The zero-order chi connectivity index (χ0) is 13.8. The number of anilines is 1. The minimum atomic E-state index is -0.870. The number of hydrogen-bond donors (Lipinski definition) is 1.